The van der Waals surface area contributed by atoms with Crippen LogP contribution in [-0.2, 0) is 6.54 Å². The second-order valence-corrected chi connectivity index (χ2v) is 6.07. The molecule has 4 aromatic rings. The summed E-state index contributed by atoms with van der Waals surface area (Å²) in [6, 6.07) is 17.1. The van der Waals surface area contributed by atoms with Gasteiger partial charge in [0.25, 0.3) is 0 Å². The number of nitrogens with one attached hydrogen (secondary N) is 2. The molecule has 2 heterocycles. The fourth-order valence-corrected chi connectivity index (χ4v) is 2.86. The molecule has 0 saturated carbocycles. The van der Waals surface area contributed by atoms with E-state index in [1.54, 1.807) is 20.5 Å². The standard InChI is InChI=1S/C21H20N4O3/c1-26-16-10-14(11-17(12-16)27-2)23-21-24-19-8-4-3-7-18(19)20(25-21)22-13-15-6-5-9-28-15/h3-12H,13H2,1-2H3,(H2,22,23,24,25). The van der Waals surface area contributed by atoms with Crippen LogP contribution in [0.2, 0.25) is 0 Å². The largest absolute Gasteiger partial charge is 0.497 e. The van der Waals surface area contributed by atoms with Crippen LogP contribution < -0.4 is 20.1 Å². The highest BCUT2D eigenvalue weighted by atomic mass is 16.5. The van der Waals surface area contributed by atoms with Gasteiger partial charge in [0.2, 0.25) is 5.95 Å². The molecule has 2 aromatic heterocycles. The fraction of sp³-hybridized carbons (Fsp3) is 0.143. The monoisotopic (exact) mass is 376 g/mol. The van der Waals surface area contributed by atoms with Gasteiger partial charge in [-0.3, -0.25) is 0 Å². The van der Waals surface area contributed by atoms with Crippen molar-refractivity contribution in [2.45, 2.75) is 6.54 Å². The van der Waals surface area contributed by atoms with Crippen LogP contribution in [0, 0.1) is 0 Å². The Morgan fingerprint density at radius 3 is 2.43 bits per heavy atom. The first kappa shape index (κ1) is 17.7. The third-order valence-electron chi connectivity index (χ3n) is 4.22. The molecule has 4 rings (SSSR count). The van der Waals surface area contributed by atoms with E-state index in [1.165, 1.54) is 0 Å². The highest BCUT2D eigenvalue weighted by Crippen LogP contribution is 2.29. The van der Waals surface area contributed by atoms with Crippen LogP contribution in [0.1, 0.15) is 5.76 Å². The molecule has 0 amide bonds. The van der Waals surface area contributed by atoms with E-state index in [-0.39, 0.29) is 0 Å². The molecule has 0 aliphatic rings. The van der Waals surface area contributed by atoms with E-state index in [0.717, 1.165) is 28.2 Å². The number of benzene rings is 2. The van der Waals surface area contributed by atoms with Crippen LogP contribution in [0.4, 0.5) is 17.5 Å². The Morgan fingerprint density at radius 1 is 0.929 bits per heavy atom. The maximum Gasteiger partial charge on any atom is 0.229 e. The van der Waals surface area contributed by atoms with Crippen LogP contribution in [0.25, 0.3) is 10.9 Å². The van der Waals surface area contributed by atoms with Crippen LogP contribution in [-0.4, -0.2) is 24.2 Å². The number of rotatable bonds is 7. The highest BCUT2D eigenvalue weighted by Gasteiger charge is 2.10. The molecule has 7 nitrogen and oxygen atoms in total. The van der Waals surface area contributed by atoms with Gasteiger partial charge in [-0.1, -0.05) is 12.1 Å². The van der Waals surface area contributed by atoms with E-state index in [2.05, 4.69) is 20.6 Å². The Balaban J connectivity index is 1.67. The Kier molecular flexibility index (Phi) is 4.97. The first-order valence-corrected chi connectivity index (χ1v) is 8.78. The van der Waals surface area contributed by atoms with Crippen LogP contribution in [0.5, 0.6) is 11.5 Å². The fourth-order valence-electron chi connectivity index (χ4n) is 2.86. The zero-order chi connectivity index (χ0) is 19.3. The summed E-state index contributed by atoms with van der Waals surface area (Å²) in [5.74, 6) is 3.38. The predicted octanol–water partition coefficient (Wildman–Crippen LogP) is 4.60. The Morgan fingerprint density at radius 2 is 1.71 bits per heavy atom. The summed E-state index contributed by atoms with van der Waals surface area (Å²) in [6.45, 7) is 0.528. The second-order valence-electron chi connectivity index (χ2n) is 6.07. The van der Waals surface area contributed by atoms with Crippen molar-refractivity contribution < 1.29 is 13.9 Å². The molecule has 7 heteroatoms. The molecule has 2 N–H and O–H groups in total. The lowest BCUT2D eigenvalue weighted by atomic mass is 10.2. The minimum absolute atomic E-state index is 0.468. The van der Waals surface area contributed by atoms with E-state index in [9.17, 15) is 0 Å². The lowest BCUT2D eigenvalue weighted by Gasteiger charge is -2.13. The first-order chi connectivity index (χ1) is 13.7. The van der Waals surface area contributed by atoms with Gasteiger partial charge in [-0.2, -0.15) is 4.98 Å². The van der Waals surface area contributed by atoms with Crippen molar-refractivity contribution in [3.8, 4) is 11.5 Å². The molecule has 0 aliphatic heterocycles. The molecule has 28 heavy (non-hydrogen) atoms. The molecule has 0 bridgehead atoms. The van der Waals surface area contributed by atoms with Gasteiger partial charge < -0.3 is 24.5 Å². The minimum Gasteiger partial charge on any atom is -0.497 e. The summed E-state index contributed by atoms with van der Waals surface area (Å²) in [7, 11) is 3.23. The van der Waals surface area contributed by atoms with E-state index >= 15 is 0 Å². The van der Waals surface area contributed by atoms with Gasteiger partial charge in [-0.15, -0.1) is 0 Å². The van der Waals surface area contributed by atoms with Crippen LogP contribution in [0.3, 0.4) is 0 Å². The van der Waals surface area contributed by atoms with Crippen molar-refractivity contribution >= 4 is 28.4 Å². The summed E-state index contributed by atoms with van der Waals surface area (Å²) in [5.41, 5.74) is 1.60. The maximum atomic E-state index is 5.39. The molecule has 142 valence electrons. The molecule has 0 saturated heterocycles. The topological polar surface area (TPSA) is 81.4 Å². The zero-order valence-corrected chi connectivity index (χ0v) is 15.6. The smallest absolute Gasteiger partial charge is 0.229 e. The predicted molar refractivity (Wildman–Crippen MR) is 108 cm³/mol. The van der Waals surface area contributed by atoms with Crippen LogP contribution >= 0.6 is 0 Å². The van der Waals surface area contributed by atoms with E-state index < -0.39 is 0 Å². The van der Waals surface area contributed by atoms with E-state index in [1.807, 2.05) is 54.6 Å². The minimum atomic E-state index is 0.468. The van der Waals surface area contributed by atoms with Gasteiger partial charge >= 0.3 is 0 Å². The summed E-state index contributed by atoms with van der Waals surface area (Å²) in [6.07, 6.45) is 1.65. The number of hydrogen-bond donors (Lipinski definition) is 2. The first-order valence-electron chi connectivity index (χ1n) is 8.78. The molecule has 0 atom stereocenters. The van der Waals surface area contributed by atoms with Crippen molar-refractivity contribution in [3.63, 3.8) is 0 Å². The summed E-state index contributed by atoms with van der Waals surface area (Å²) in [4.78, 5) is 9.27. The number of furan rings is 1. The number of nitrogens with zero attached hydrogens (tertiary/aromatic N) is 2. The third-order valence-corrected chi connectivity index (χ3v) is 4.22. The molecule has 2 aromatic carbocycles. The van der Waals surface area contributed by atoms with Crippen molar-refractivity contribution in [2.24, 2.45) is 0 Å². The molecular formula is C21H20N4O3. The lowest BCUT2D eigenvalue weighted by molar-refractivity contribution is 0.395. The third kappa shape index (κ3) is 3.83. The van der Waals surface area contributed by atoms with Gasteiger partial charge in [0.15, 0.2) is 0 Å². The van der Waals surface area contributed by atoms with Gasteiger partial charge in [-0.05, 0) is 24.3 Å². The number of aromatic nitrogens is 2. The number of fused-ring (bicyclic) bond motifs is 1. The lowest BCUT2D eigenvalue weighted by Crippen LogP contribution is -2.05. The average Bonchev–Trinajstić information content (AvgIpc) is 3.25. The molecule has 0 unspecified atom stereocenters. The molecule has 0 aliphatic carbocycles. The number of ether oxygens (including phenoxy) is 2. The van der Waals surface area contributed by atoms with Gasteiger partial charge in [0.05, 0.1) is 32.5 Å². The molecule has 0 fully saturated rings. The number of anilines is 3. The summed E-state index contributed by atoms with van der Waals surface area (Å²) >= 11 is 0. The van der Waals surface area contributed by atoms with Crippen molar-refractivity contribution in [1.29, 1.82) is 0 Å². The van der Waals surface area contributed by atoms with Crippen molar-refractivity contribution in [3.05, 3.63) is 66.6 Å². The Bertz CT molecular complexity index is 1060. The van der Waals surface area contributed by atoms with Crippen LogP contribution in [0.15, 0.2) is 65.3 Å². The molecule has 0 radical (unpaired) electrons. The van der Waals surface area contributed by atoms with Gasteiger partial charge in [0.1, 0.15) is 23.1 Å². The summed E-state index contributed by atoms with van der Waals surface area (Å²) in [5, 5.41) is 7.49. The SMILES string of the molecule is COc1cc(Nc2nc(NCc3ccco3)c3ccccc3n2)cc(OC)c1. The normalized spacial score (nSPS) is 10.6. The van der Waals surface area contributed by atoms with Gasteiger partial charge in [-0.25, -0.2) is 4.98 Å². The molecular weight excluding hydrogens is 356 g/mol. The Hall–Kier alpha value is -3.74. The summed E-state index contributed by atoms with van der Waals surface area (Å²) < 4.78 is 16.0. The number of para-hydroxylation sites is 1. The van der Waals surface area contributed by atoms with E-state index in [4.69, 9.17) is 13.9 Å². The van der Waals surface area contributed by atoms with Crippen molar-refractivity contribution in [2.75, 3.05) is 24.9 Å². The van der Waals surface area contributed by atoms with Gasteiger partial charge in [0, 0.05) is 29.3 Å². The number of hydrogen-bond acceptors (Lipinski definition) is 7. The highest BCUT2D eigenvalue weighted by molar-refractivity contribution is 5.90. The second kappa shape index (κ2) is 7.87. The maximum absolute atomic E-state index is 5.39. The Labute approximate surface area is 162 Å². The van der Waals surface area contributed by atoms with Crippen molar-refractivity contribution in [1.82, 2.24) is 9.97 Å². The quantitative estimate of drug-likeness (QED) is 0.488. The average molecular weight is 376 g/mol. The van der Waals surface area contributed by atoms with E-state index in [0.29, 0.717) is 24.0 Å². The zero-order valence-electron chi connectivity index (χ0n) is 15.6. The number of methoxy groups -OCH3 is 2. The molecule has 0 spiro atoms.